The largest absolute Gasteiger partial charge is 0.394 e. The number of hydrogen-bond donors (Lipinski definition) is 1. The van der Waals surface area contributed by atoms with Gasteiger partial charge in [-0.15, -0.1) is 0 Å². The fourth-order valence-corrected chi connectivity index (χ4v) is 1.26. The van der Waals surface area contributed by atoms with Gasteiger partial charge in [-0.3, -0.25) is 0 Å². The molecule has 1 heterocycles. The van der Waals surface area contributed by atoms with Crippen molar-refractivity contribution >= 4 is 21.7 Å². The van der Waals surface area contributed by atoms with Crippen LogP contribution in [0.15, 0.2) is 22.8 Å². The zero-order valence-corrected chi connectivity index (χ0v) is 9.32. The van der Waals surface area contributed by atoms with Gasteiger partial charge in [0.2, 0.25) is 0 Å². The lowest BCUT2D eigenvalue weighted by atomic mass is 10.3. The third-order valence-electron chi connectivity index (χ3n) is 1.99. The van der Waals surface area contributed by atoms with Crippen molar-refractivity contribution in [1.29, 1.82) is 0 Å². The molecule has 0 spiro atoms. The van der Waals surface area contributed by atoms with Gasteiger partial charge in [-0.1, -0.05) is 15.9 Å². The Labute approximate surface area is 86.5 Å². The second kappa shape index (κ2) is 4.58. The highest BCUT2D eigenvalue weighted by atomic mass is 79.9. The number of nitrogens with zero attached hydrogens (tertiary/aromatic N) is 2. The average molecular weight is 245 g/mol. The van der Waals surface area contributed by atoms with Crippen molar-refractivity contribution in [3.05, 3.63) is 22.8 Å². The molecule has 1 atom stereocenters. The van der Waals surface area contributed by atoms with Crippen LogP contribution in [0.25, 0.3) is 0 Å². The number of rotatable bonds is 3. The van der Waals surface area contributed by atoms with Gasteiger partial charge in [0, 0.05) is 17.7 Å². The Bertz CT molecular complexity index is 280. The monoisotopic (exact) mass is 244 g/mol. The van der Waals surface area contributed by atoms with Gasteiger partial charge in [-0.2, -0.15) is 0 Å². The predicted octanol–water partition coefficient (Wildman–Crippen LogP) is 1.66. The molecule has 0 aliphatic heterocycles. The van der Waals surface area contributed by atoms with Crippen LogP contribution < -0.4 is 4.90 Å². The van der Waals surface area contributed by atoms with E-state index in [1.54, 1.807) is 6.20 Å². The van der Waals surface area contributed by atoms with Crippen molar-refractivity contribution in [2.75, 3.05) is 18.6 Å². The first-order valence-electron chi connectivity index (χ1n) is 4.10. The molecule has 0 aliphatic carbocycles. The zero-order valence-electron chi connectivity index (χ0n) is 7.74. The van der Waals surface area contributed by atoms with Crippen molar-refractivity contribution in [2.45, 2.75) is 13.0 Å². The van der Waals surface area contributed by atoms with E-state index < -0.39 is 0 Å². The number of aliphatic hydroxyl groups is 1. The standard InChI is InChI=1S/C9H13BrN2O/c1-7(6-13)12(2)9-5-8(10)3-4-11-9/h3-5,7,13H,6H2,1-2H3/t7-/m1/s1. The first kappa shape index (κ1) is 10.5. The smallest absolute Gasteiger partial charge is 0.129 e. The molecule has 4 heteroatoms. The minimum atomic E-state index is 0.0850. The summed E-state index contributed by atoms with van der Waals surface area (Å²) in [5.41, 5.74) is 0. The molecule has 0 amide bonds. The fraction of sp³-hybridized carbons (Fsp3) is 0.444. The van der Waals surface area contributed by atoms with Crippen LogP contribution in [0.4, 0.5) is 5.82 Å². The lowest BCUT2D eigenvalue weighted by molar-refractivity contribution is 0.270. The molecule has 0 saturated heterocycles. The molecule has 0 saturated carbocycles. The normalized spacial score (nSPS) is 12.6. The number of aromatic nitrogens is 1. The van der Waals surface area contributed by atoms with Gasteiger partial charge in [0.05, 0.1) is 12.6 Å². The van der Waals surface area contributed by atoms with Crippen LogP contribution in [0.3, 0.4) is 0 Å². The van der Waals surface area contributed by atoms with Gasteiger partial charge in [-0.25, -0.2) is 4.98 Å². The van der Waals surface area contributed by atoms with Crippen molar-refractivity contribution in [3.63, 3.8) is 0 Å². The fourth-order valence-electron chi connectivity index (χ4n) is 0.935. The molecule has 0 fully saturated rings. The predicted molar refractivity (Wildman–Crippen MR) is 56.9 cm³/mol. The Morgan fingerprint density at radius 1 is 1.69 bits per heavy atom. The SMILES string of the molecule is C[C@H](CO)N(C)c1cc(Br)ccn1. The summed E-state index contributed by atoms with van der Waals surface area (Å²) in [4.78, 5) is 6.13. The third-order valence-corrected chi connectivity index (χ3v) is 2.49. The van der Waals surface area contributed by atoms with Crippen molar-refractivity contribution in [2.24, 2.45) is 0 Å². The molecule has 72 valence electrons. The molecule has 1 aromatic heterocycles. The average Bonchev–Trinajstić information content (AvgIpc) is 2.15. The molecule has 0 aromatic carbocycles. The Hall–Kier alpha value is -0.610. The van der Waals surface area contributed by atoms with Crippen molar-refractivity contribution < 1.29 is 5.11 Å². The molecule has 0 bridgehead atoms. The second-order valence-corrected chi connectivity index (χ2v) is 3.89. The summed E-state index contributed by atoms with van der Waals surface area (Å²) >= 11 is 3.37. The van der Waals surface area contributed by atoms with E-state index in [0.717, 1.165) is 10.3 Å². The maximum atomic E-state index is 8.95. The highest BCUT2D eigenvalue weighted by molar-refractivity contribution is 9.10. The maximum absolute atomic E-state index is 8.95. The van der Waals surface area contributed by atoms with Gasteiger partial charge in [0.15, 0.2) is 0 Å². The van der Waals surface area contributed by atoms with Crippen LogP contribution in [0.1, 0.15) is 6.92 Å². The zero-order chi connectivity index (χ0) is 9.84. The van der Waals surface area contributed by atoms with E-state index in [0.29, 0.717) is 0 Å². The maximum Gasteiger partial charge on any atom is 0.129 e. The number of pyridine rings is 1. The first-order valence-corrected chi connectivity index (χ1v) is 4.89. The van der Waals surface area contributed by atoms with Gasteiger partial charge < -0.3 is 10.0 Å². The summed E-state index contributed by atoms with van der Waals surface area (Å²) in [6, 6.07) is 3.88. The lowest BCUT2D eigenvalue weighted by Gasteiger charge is -2.24. The molecular weight excluding hydrogens is 232 g/mol. The van der Waals surface area contributed by atoms with Crippen LogP contribution in [0.5, 0.6) is 0 Å². The summed E-state index contributed by atoms with van der Waals surface area (Å²) < 4.78 is 0.995. The molecule has 13 heavy (non-hydrogen) atoms. The molecule has 0 unspecified atom stereocenters. The van der Waals surface area contributed by atoms with Crippen LogP contribution in [0, 0.1) is 0 Å². The topological polar surface area (TPSA) is 36.4 Å². The van der Waals surface area contributed by atoms with Crippen LogP contribution in [0.2, 0.25) is 0 Å². The summed E-state index contributed by atoms with van der Waals surface area (Å²) in [6.07, 6.45) is 1.74. The summed E-state index contributed by atoms with van der Waals surface area (Å²) in [6.45, 7) is 2.08. The van der Waals surface area contributed by atoms with E-state index in [4.69, 9.17) is 5.11 Å². The first-order chi connectivity index (χ1) is 6.15. The third kappa shape index (κ3) is 2.67. The van der Waals surface area contributed by atoms with Crippen LogP contribution in [-0.2, 0) is 0 Å². The molecule has 1 aromatic rings. The van der Waals surface area contributed by atoms with Crippen LogP contribution >= 0.6 is 15.9 Å². The minimum Gasteiger partial charge on any atom is -0.394 e. The van der Waals surface area contributed by atoms with Crippen LogP contribution in [-0.4, -0.2) is 29.8 Å². The number of halogens is 1. The van der Waals surface area contributed by atoms with Gasteiger partial charge >= 0.3 is 0 Å². The molecule has 0 radical (unpaired) electrons. The molecule has 1 rings (SSSR count). The van der Waals surface area contributed by atoms with Gasteiger partial charge in [-0.05, 0) is 19.1 Å². The Morgan fingerprint density at radius 2 is 2.38 bits per heavy atom. The summed E-state index contributed by atoms with van der Waals surface area (Å²) in [5.74, 6) is 0.857. The number of likely N-dealkylation sites (N-methyl/N-ethyl adjacent to an activating group) is 1. The van der Waals surface area contributed by atoms with Gasteiger partial charge in [0.25, 0.3) is 0 Å². The Morgan fingerprint density at radius 3 is 2.92 bits per heavy atom. The Balaban J connectivity index is 2.82. The quantitative estimate of drug-likeness (QED) is 0.879. The summed E-state index contributed by atoms with van der Waals surface area (Å²) in [7, 11) is 1.91. The Kier molecular flexibility index (Phi) is 3.69. The highest BCUT2D eigenvalue weighted by Gasteiger charge is 2.09. The minimum absolute atomic E-state index is 0.0850. The van der Waals surface area contributed by atoms with E-state index in [1.807, 2.05) is 31.0 Å². The van der Waals surface area contributed by atoms with E-state index in [2.05, 4.69) is 20.9 Å². The number of anilines is 1. The molecule has 1 N–H and O–H groups in total. The second-order valence-electron chi connectivity index (χ2n) is 2.97. The van der Waals surface area contributed by atoms with E-state index >= 15 is 0 Å². The lowest BCUT2D eigenvalue weighted by Crippen LogP contribution is -2.32. The van der Waals surface area contributed by atoms with Gasteiger partial charge in [0.1, 0.15) is 5.82 Å². The van der Waals surface area contributed by atoms with Crippen molar-refractivity contribution in [1.82, 2.24) is 4.98 Å². The highest BCUT2D eigenvalue weighted by Crippen LogP contribution is 2.17. The van der Waals surface area contributed by atoms with E-state index in [-0.39, 0.29) is 12.6 Å². The van der Waals surface area contributed by atoms with E-state index in [9.17, 15) is 0 Å². The van der Waals surface area contributed by atoms with E-state index in [1.165, 1.54) is 0 Å². The molecule has 0 aliphatic rings. The molecule has 3 nitrogen and oxygen atoms in total. The summed E-state index contributed by atoms with van der Waals surface area (Å²) in [5, 5.41) is 8.95. The number of aliphatic hydroxyl groups excluding tert-OH is 1. The number of hydrogen-bond acceptors (Lipinski definition) is 3. The van der Waals surface area contributed by atoms with Crippen molar-refractivity contribution in [3.8, 4) is 0 Å². The molecular formula is C9H13BrN2O.